The van der Waals surface area contributed by atoms with Crippen molar-refractivity contribution in [3.8, 4) is 0 Å². The predicted molar refractivity (Wildman–Crippen MR) is 65.5 cm³/mol. The zero-order chi connectivity index (χ0) is 11.4. The van der Waals surface area contributed by atoms with E-state index in [1.54, 1.807) is 6.07 Å². The molecule has 0 fully saturated rings. The zero-order valence-electron chi connectivity index (χ0n) is 8.46. The molecule has 4 nitrogen and oxygen atoms in total. The van der Waals surface area contributed by atoms with Crippen LogP contribution in [0.5, 0.6) is 0 Å². The molecule has 1 atom stereocenters. The Morgan fingerprint density at radius 1 is 1.60 bits per heavy atom. The summed E-state index contributed by atoms with van der Waals surface area (Å²) in [4.78, 5) is 11.0. The minimum absolute atomic E-state index is 0.375. The molecule has 0 unspecified atom stereocenters. The molecule has 5 heteroatoms. The maximum atomic E-state index is 11.0. The zero-order valence-corrected chi connectivity index (χ0v) is 10.0. The van der Waals surface area contributed by atoms with Gasteiger partial charge in [-0.15, -0.1) is 0 Å². The molecule has 1 aromatic rings. The first-order valence-corrected chi connectivity index (χ1v) is 5.44. The molecule has 0 saturated heterocycles. The molecule has 0 saturated carbocycles. The highest BCUT2D eigenvalue weighted by Crippen LogP contribution is 2.23. The summed E-state index contributed by atoms with van der Waals surface area (Å²) < 4.78 is 0.901. The summed E-state index contributed by atoms with van der Waals surface area (Å²) in [6.45, 7) is 1.89. The van der Waals surface area contributed by atoms with Gasteiger partial charge in [-0.05, 0) is 24.6 Å². The van der Waals surface area contributed by atoms with Crippen molar-refractivity contribution in [3.05, 3.63) is 22.7 Å². The van der Waals surface area contributed by atoms with Crippen LogP contribution in [0.15, 0.2) is 22.7 Å². The number of anilines is 2. The second-order valence-electron chi connectivity index (χ2n) is 3.24. The topological polar surface area (TPSA) is 81.1 Å². The molecule has 1 amide bonds. The largest absolute Gasteiger partial charge is 0.397 e. The Morgan fingerprint density at radius 2 is 2.27 bits per heavy atom. The van der Waals surface area contributed by atoms with Crippen LogP contribution in [0.25, 0.3) is 0 Å². The molecular formula is C10H14BrN3O. The second kappa shape index (κ2) is 5.02. The van der Waals surface area contributed by atoms with E-state index in [4.69, 9.17) is 11.5 Å². The Morgan fingerprint density at radius 3 is 2.73 bits per heavy atom. The fraction of sp³-hybridized carbons (Fsp3) is 0.300. The maximum Gasteiger partial charge on any atom is 0.239 e. The van der Waals surface area contributed by atoms with Crippen molar-refractivity contribution >= 4 is 33.2 Å². The third kappa shape index (κ3) is 3.13. The van der Waals surface area contributed by atoms with Gasteiger partial charge in [-0.1, -0.05) is 22.9 Å². The van der Waals surface area contributed by atoms with Gasteiger partial charge in [0.25, 0.3) is 0 Å². The third-order valence-corrected chi connectivity index (χ3v) is 2.59. The minimum atomic E-state index is -0.381. The lowest BCUT2D eigenvalue weighted by Crippen LogP contribution is -2.34. The van der Waals surface area contributed by atoms with E-state index in [0.29, 0.717) is 12.1 Å². The molecule has 82 valence electrons. The highest BCUT2D eigenvalue weighted by Gasteiger charge is 2.13. The van der Waals surface area contributed by atoms with E-state index in [0.717, 1.165) is 10.2 Å². The molecule has 0 spiro atoms. The molecule has 15 heavy (non-hydrogen) atoms. The lowest BCUT2D eigenvalue weighted by Gasteiger charge is -2.16. The fourth-order valence-corrected chi connectivity index (χ4v) is 1.61. The fourth-order valence-electron chi connectivity index (χ4n) is 1.23. The Hall–Kier alpha value is -1.23. The number of nitrogen functional groups attached to an aromatic ring is 1. The van der Waals surface area contributed by atoms with Crippen LogP contribution in [0.4, 0.5) is 11.4 Å². The number of halogens is 1. The van der Waals surface area contributed by atoms with Crippen LogP contribution in [-0.2, 0) is 4.79 Å². The van der Waals surface area contributed by atoms with E-state index in [9.17, 15) is 4.79 Å². The lowest BCUT2D eigenvalue weighted by atomic mass is 10.2. The number of rotatable bonds is 4. The average Bonchev–Trinajstić information content (AvgIpc) is 2.16. The average molecular weight is 272 g/mol. The molecule has 0 radical (unpaired) electrons. The van der Waals surface area contributed by atoms with Crippen LogP contribution in [-0.4, -0.2) is 11.9 Å². The van der Waals surface area contributed by atoms with Crippen LogP contribution < -0.4 is 16.8 Å². The van der Waals surface area contributed by atoms with Gasteiger partial charge in [0, 0.05) is 4.47 Å². The van der Waals surface area contributed by atoms with Gasteiger partial charge < -0.3 is 16.8 Å². The summed E-state index contributed by atoms with van der Waals surface area (Å²) >= 11 is 3.31. The van der Waals surface area contributed by atoms with Crippen molar-refractivity contribution in [2.24, 2.45) is 5.73 Å². The molecular weight excluding hydrogens is 258 g/mol. The van der Waals surface area contributed by atoms with Crippen molar-refractivity contribution in [1.29, 1.82) is 0 Å². The standard InChI is InChI=1S/C10H14BrN3O/c1-2-8(10(13)15)14-9-4-3-6(11)5-7(9)12/h3-5,8,14H,2,12H2,1H3,(H2,13,15)/t8-/m0/s1. The van der Waals surface area contributed by atoms with Gasteiger partial charge in [0.2, 0.25) is 5.91 Å². The number of primary amides is 1. The van der Waals surface area contributed by atoms with Gasteiger partial charge in [0.15, 0.2) is 0 Å². The first kappa shape index (κ1) is 11.8. The molecule has 0 aliphatic rings. The molecule has 1 aromatic carbocycles. The van der Waals surface area contributed by atoms with Gasteiger partial charge in [-0.2, -0.15) is 0 Å². The summed E-state index contributed by atoms with van der Waals surface area (Å²) in [6, 6.07) is 5.06. The summed E-state index contributed by atoms with van der Waals surface area (Å²) in [5.41, 5.74) is 12.3. The third-order valence-electron chi connectivity index (χ3n) is 2.10. The monoisotopic (exact) mass is 271 g/mol. The summed E-state index contributed by atoms with van der Waals surface area (Å²) in [6.07, 6.45) is 0.630. The Kier molecular flexibility index (Phi) is 3.96. The Balaban J connectivity index is 2.84. The number of carbonyl (C=O) groups is 1. The molecule has 5 N–H and O–H groups in total. The van der Waals surface area contributed by atoms with Gasteiger partial charge in [-0.3, -0.25) is 4.79 Å². The lowest BCUT2D eigenvalue weighted by molar-refractivity contribution is -0.118. The normalized spacial score (nSPS) is 12.1. The molecule has 0 heterocycles. The van der Waals surface area contributed by atoms with Gasteiger partial charge in [-0.25, -0.2) is 0 Å². The molecule has 0 aromatic heterocycles. The van der Waals surface area contributed by atoms with E-state index >= 15 is 0 Å². The van der Waals surface area contributed by atoms with Crippen LogP contribution in [0.2, 0.25) is 0 Å². The van der Waals surface area contributed by atoms with E-state index in [2.05, 4.69) is 21.2 Å². The predicted octanol–water partition coefficient (Wildman–Crippen LogP) is 1.71. The number of amides is 1. The number of hydrogen-bond acceptors (Lipinski definition) is 3. The van der Waals surface area contributed by atoms with Gasteiger partial charge in [0.1, 0.15) is 6.04 Å². The quantitative estimate of drug-likeness (QED) is 0.730. The van der Waals surface area contributed by atoms with Gasteiger partial charge in [0.05, 0.1) is 11.4 Å². The highest BCUT2D eigenvalue weighted by molar-refractivity contribution is 9.10. The van der Waals surface area contributed by atoms with E-state index in [1.165, 1.54) is 0 Å². The van der Waals surface area contributed by atoms with Crippen LogP contribution in [0.3, 0.4) is 0 Å². The van der Waals surface area contributed by atoms with Crippen molar-refractivity contribution in [1.82, 2.24) is 0 Å². The molecule has 0 bridgehead atoms. The van der Waals surface area contributed by atoms with Gasteiger partial charge >= 0.3 is 0 Å². The number of hydrogen-bond donors (Lipinski definition) is 3. The minimum Gasteiger partial charge on any atom is -0.397 e. The summed E-state index contributed by atoms with van der Waals surface area (Å²) in [5.74, 6) is -0.375. The van der Waals surface area contributed by atoms with Crippen molar-refractivity contribution < 1.29 is 4.79 Å². The highest BCUT2D eigenvalue weighted by atomic mass is 79.9. The van der Waals surface area contributed by atoms with E-state index in [-0.39, 0.29) is 11.9 Å². The number of benzene rings is 1. The van der Waals surface area contributed by atoms with Crippen LogP contribution in [0, 0.1) is 0 Å². The second-order valence-corrected chi connectivity index (χ2v) is 4.15. The summed E-state index contributed by atoms with van der Waals surface area (Å²) in [7, 11) is 0. The SMILES string of the molecule is CC[C@H](Nc1ccc(Br)cc1N)C(N)=O. The van der Waals surface area contributed by atoms with E-state index in [1.807, 2.05) is 19.1 Å². The Labute approximate surface area is 97.1 Å². The Bertz CT molecular complexity index is 368. The van der Waals surface area contributed by atoms with Crippen molar-refractivity contribution in [2.45, 2.75) is 19.4 Å². The van der Waals surface area contributed by atoms with Crippen LogP contribution >= 0.6 is 15.9 Å². The maximum absolute atomic E-state index is 11.0. The molecule has 1 rings (SSSR count). The van der Waals surface area contributed by atoms with E-state index < -0.39 is 0 Å². The number of nitrogens with one attached hydrogen (secondary N) is 1. The first-order chi connectivity index (χ1) is 7.04. The smallest absolute Gasteiger partial charge is 0.239 e. The first-order valence-electron chi connectivity index (χ1n) is 4.65. The number of nitrogens with two attached hydrogens (primary N) is 2. The summed E-state index contributed by atoms with van der Waals surface area (Å²) in [5, 5.41) is 3.00. The van der Waals surface area contributed by atoms with Crippen molar-refractivity contribution in [3.63, 3.8) is 0 Å². The molecule has 0 aliphatic carbocycles. The number of carbonyl (C=O) groups excluding carboxylic acids is 1. The molecule has 0 aliphatic heterocycles. The van der Waals surface area contributed by atoms with Crippen LogP contribution in [0.1, 0.15) is 13.3 Å². The van der Waals surface area contributed by atoms with Crippen molar-refractivity contribution in [2.75, 3.05) is 11.1 Å².